The molecule has 1 heteroatoms. The minimum absolute atomic E-state index is 0. The molecule has 3 rings (SSSR count). The topological polar surface area (TPSA) is 0 Å². The second-order valence-corrected chi connectivity index (χ2v) is 4.33. The Morgan fingerprint density at radius 2 is 1.12 bits per heavy atom. The molecule has 16 heavy (non-hydrogen) atoms. The van der Waals surface area contributed by atoms with Crippen molar-refractivity contribution in [2.24, 2.45) is 0 Å². The maximum atomic E-state index is 2.28. The Kier molecular flexibility index (Phi) is 3.05. The van der Waals surface area contributed by atoms with Gasteiger partial charge in [0.1, 0.15) is 0 Å². The van der Waals surface area contributed by atoms with Gasteiger partial charge in [-0.25, -0.2) is 0 Å². The van der Waals surface area contributed by atoms with Gasteiger partial charge in [0, 0.05) is 28.1 Å². The van der Waals surface area contributed by atoms with Crippen LogP contribution in [0.25, 0.3) is 11.1 Å². The Morgan fingerprint density at radius 1 is 0.688 bits per heavy atom. The molecule has 0 spiro atoms. The number of hydrogen-bond acceptors (Lipinski definition) is 0. The van der Waals surface area contributed by atoms with E-state index in [1.807, 2.05) is 0 Å². The minimum Gasteiger partial charge on any atom is -0.0587 e. The third kappa shape index (κ3) is 1.77. The van der Waals surface area contributed by atoms with Crippen molar-refractivity contribution in [3.63, 3.8) is 0 Å². The zero-order chi connectivity index (χ0) is 10.4. The van der Waals surface area contributed by atoms with Gasteiger partial charge in [0.15, 0.2) is 0 Å². The Hall–Kier alpha value is -0.846. The van der Waals surface area contributed by atoms with E-state index in [1.165, 1.54) is 33.4 Å². The van der Waals surface area contributed by atoms with Crippen LogP contribution in [0.3, 0.4) is 0 Å². The summed E-state index contributed by atoms with van der Waals surface area (Å²) in [4.78, 5) is 0. The average molecular weight is 241 g/mol. The summed E-state index contributed by atoms with van der Waals surface area (Å²) in [6.45, 7) is 4.28. The van der Waals surface area contributed by atoms with Crippen LogP contribution in [0.15, 0.2) is 36.4 Å². The second-order valence-electron chi connectivity index (χ2n) is 4.33. The van der Waals surface area contributed by atoms with Gasteiger partial charge in [-0.1, -0.05) is 47.5 Å². The quantitative estimate of drug-likeness (QED) is 0.524. The third-order valence-corrected chi connectivity index (χ3v) is 3.02. The average Bonchev–Trinajstić information content (AvgIpc) is 2.53. The summed E-state index contributed by atoms with van der Waals surface area (Å²) in [6.07, 6.45) is 2.28. The molecule has 0 atom stereocenters. The molecule has 0 saturated carbocycles. The van der Waals surface area contributed by atoms with Crippen LogP contribution in [-0.2, 0) is 21.7 Å². The molecule has 0 aromatic heterocycles. The van der Waals surface area contributed by atoms with Crippen molar-refractivity contribution in [3.05, 3.63) is 65.1 Å². The van der Waals surface area contributed by atoms with E-state index in [4.69, 9.17) is 0 Å². The number of rotatable bonds is 0. The SMILES string of the molecule is Cc1ccc2c(c1)[CH]c1cc(C)ccc1-2.[Ti]. The van der Waals surface area contributed by atoms with Gasteiger partial charge in [-0.15, -0.1) is 0 Å². The maximum absolute atomic E-state index is 2.28. The fourth-order valence-electron chi connectivity index (χ4n) is 2.26. The molecule has 0 N–H and O–H groups in total. The first-order chi connectivity index (χ1) is 7.24. The van der Waals surface area contributed by atoms with Crippen molar-refractivity contribution in [2.75, 3.05) is 0 Å². The van der Waals surface area contributed by atoms with Crippen LogP contribution in [0.5, 0.6) is 0 Å². The van der Waals surface area contributed by atoms with E-state index >= 15 is 0 Å². The van der Waals surface area contributed by atoms with E-state index in [9.17, 15) is 0 Å². The van der Waals surface area contributed by atoms with Crippen LogP contribution in [0.1, 0.15) is 22.3 Å². The van der Waals surface area contributed by atoms with E-state index in [-0.39, 0.29) is 21.7 Å². The van der Waals surface area contributed by atoms with Gasteiger partial charge in [-0.2, -0.15) is 0 Å². The summed E-state index contributed by atoms with van der Waals surface area (Å²) in [5, 5.41) is 0. The minimum atomic E-state index is 0. The van der Waals surface area contributed by atoms with Crippen LogP contribution in [-0.4, -0.2) is 0 Å². The summed E-state index contributed by atoms with van der Waals surface area (Å²) in [7, 11) is 0. The molecule has 0 aliphatic heterocycles. The predicted octanol–water partition coefficient (Wildman–Crippen LogP) is 3.88. The molecule has 0 saturated heterocycles. The van der Waals surface area contributed by atoms with Crippen LogP contribution in [0, 0.1) is 20.3 Å². The van der Waals surface area contributed by atoms with Crippen LogP contribution in [0.2, 0.25) is 0 Å². The molecule has 1 radical (unpaired) electrons. The van der Waals surface area contributed by atoms with Gasteiger partial charge in [-0.3, -0.25) is 0 Å². The van der Waals surface area contributed by atoms with Crippen LogP contribution < -0.4 is 0 Å². The summed E-state index contributed by atoms with van der Waals surface area (Å²) in [5.41, 5.74) is 8.11. The molecule has 0 amide bonds. The van der Waals surface area contributed by atoms with Crippen molar-refractivity contribution in [1.29, 1.82) is 0 Å². The van der Waals surface area contributed by atoms with Crippen molar-refractivity contribution in [3.8, 4) is 11.1 Å². The molecule has 0 nitrogen and oxygen atoms in total. The van der Waals surface area contributed by atoms with E-state index in [2.05, 4.69) is 56.7 Å². The van der Waals surface area contributed by atoms with Crippen LogP contribution in [0.4, 0.5) is 0 Å². The Labute approximate surface area is 112 Å². The molecule has 2 aromatic rings. The summed E-state index contributed by atoms with van der Waals surface area (Å²) in [6, 6.07) is 13.3. The molecule has 2 aromatic carbocycles. The summed E-state index contributed by atoms with van der Waals surface area (Å²) >= 11 is 0. The Morgan fingerprint density at radius 3 is 1.56 bits per heavy atom. The standard InChI is InChI=1S/C15H13.Ti/c1-10-3-5-14-12(7-10)9-13-8-11(2)4-6-15(13)14;/h3-9H,1-2H3;. The van der Waals surface area contributed by atoms with Gasteiger partial charge < -0.3 is 0 Å². The fourth-order valence-corrected chi connectivity index (χ4v) is 2.26. The molecular formula is C15H13Ti. The molecule has 0 heterocycles. The molecule has 0 bridgehead atoms. The number of fused-ring (bicyclic) bond motifs is 3. The molecule has 77 valence electrons. The first-order valence-corrected chi connectivity index (χ1v) is 5.30. The van der Waals surface area contributed by atoms with Gasteiger partial charge >= 0.3 is 0 Å². The fraction of sp³-hybridized carbons (Fsp3) is 0.133. The zero-order valence-corrected chi connectivity index (χ0v) is 11.1. The van der Waals surface area contributed by atoms with Crippen LogP contribution >= 0.6 is 0 Å². The largest absolute Gasteiger partial charge is 0.0587 e. The number of hydrogen-bond donors (Lipinski definition) is 0. The third-order valence-electron chi connectivity index (χ3n) is 3.02. The second kappa shape index (κ2) is 4.20. The molecule has 0 fully saturated rings. The molecule has 1 aliphatic rings. The van der Waals surface area contributed by atoms with Crippen molar-refractivity contribution >= 4 is 0 Å². The summed E-state index contributed by atoms with van der Waals surface area (Å²) < 4.78 is 0. The Bertz CT molecular complexity index is 492. The molecule has 0 unspecified atom stereocenters. The smallest absolute Gasteiger partial charge is 0.0212 e. The van der Waals surface area contributed by atoms with Gasteiger partial charge in [-0.05, 0) is 36.1 Å². The van der Waals surface area contributed by atoms with E-state index in [1.54, 1.807) is 0 Å². The number of aryl methyl sites for hydroxylation is 2. The first-order valence-electron chi connectivity index (χ1n) is 5.30. The van der Waals surface area contributed by atoms with Gasteiger partial charge in [0.25, 0.3) is 0 Å². The van der Waals surface area contributed by atoms with E-state index < -0.39 is 0 Å². The molecular weight excluding hydrogens is 228 g/mol. The van der Waals surface area contributed by atoms with Gasteiger partial charge in [0.2, 0.25) is 0 Å². The van der Waals surface area contributed by atoms with Crippen molar-refractivity contribution in [2.45, 2.75) is 13.8 Å². The predicted molar refractivity (Wildman–Crippen MR) is 63.9 cm³/mol. The zero-order valence-electron chi connectivity index (χ0n) is 9.54. The van der Waals surface area contributed by atoms with Crippen molar-refractivity contribution in [1.82, 2.24) is 0 Å². The van der Waals surface area contributed by atoms with E-state index in [0.717, 1.165) is 0 Å². The maximum Gasteiger partial charge on any atom is 0.0212 e. The molecule has 1 aliphatic carbocycles. The van der Waals surface area contributed by atoms with E-state index in [0.29, 0.717) is 0 Å². The summed E-state index contributed by atoms with van der Waals surface area (Å²) in [5.74, 6) is 0. The monoisotopic (exact) mass is 241 g/mol. The number of benzene rings is 2. The normalized spacial score (nSPS) is 11.6. The van der Waals surface area contributed by atoms with Crippen molar-refractivity contribution < 1.29 is 21.7 Å². The van der Waals surface area contributed by atoms with Gasteiger partial charge in [0.05, 0.1) is 0 Å². The Balaban J connectivity index is 0.000000963. The first kappa shape index (κ1) is 11.6.